The van der Waals surface area contributed by atoms with E-state index in [4.69, 9.17) is 0 Å². The van der Waals surface area contributed by atoms with Crippen molar-refractivity contribution in [2.24, 2.45) is 5.41 Å². The third-order valence-electron chi connectivity index (χ3n) is 3.92. The quantitative estimate of drug-likeness (QED) is 0.851. The van der Waals surface area contributed by atoms with Gasteiger partial charge in [0.25, 0.3) is 0 Å². The van der Waals surface area contributed by atoms with Crippen molar-refractivity contribution < 1.29 is 0 Å². The van der Waals surface area contributed by atoms with Crippen molar-refractivity contribution in [3.05, 3.63) is 17.5 Å². The molecule has 1 heterocycles. The van der Waals surface area contributed by atoms with Crippen LogP contribution in [0.25, 0.3) is 0 Å². The topological polar surface area (TPSA) is 31.9 Å². The van der Waals surface area contributed by atoms with Crippen molar-refractivity contribution in [3.8, 4) is 0 Å². The first-order chi connectivity index (χ1) is 7.48. The SMILES string of the molecule is Cc1[nH]ncc1CN(C)C1CCC(C)(C)C1. The number of nitrogens with one attached hydrogen (secondary N) is 1. The van der Waals surface area contributed by atoms with E-state index in [0.717, 1.165) is 12.6 Å². The van der Waals surface area contributed by atoms with Crippen LogP contribution < -0.4 is 0 Å². The van der Waals surface area contributed by atoms with E-state index < -0.39 is 0 Å². The zero-order valence-electron chi connectivity index (χ0n) is 10.9. The number of hydrogen-bond acceptors (Lipinski definition) is 2. The Kier molecular flexibility index (Phi) is 3.06. The van der Waals surface area contributed by atoms with Gasteiger partial charge in [0.1, 0.15) is 0 Å². The second-order valence-electron chi connectivity index (χ2n) is 6.00. The minimum absolute atomic E-state index is 0.532. The second-order valence-corrected chi connectivity index (χ2v) is 6.00. The molecule has 1 fully saturated rings. The van der Waals surface area contributed by atoms with Gasteiger partial charge in [0.2, 0.25) is 0 Å². The Bertz CT molecular complexity index is 354. The number of hydrogen-bond donors (Lipinski definition) is 1. The first-order valence-electron chi connectivity index (χ1n) is 6.17. The van der Waals surface area contributed by atoms with Gasteiger partial charge in [-0.3, -0.25) is 10.00 Å². The lowest BCUT2D eigenvalue weighted by Gasteiger charge is -2.25. The van der Waals surface area contributed by atoms with Crippen molar-refractivity contribution in [2.75, 3.05) is 7.05 Å². The van der Waals surface area contributed by atoms with Gasteiger partial charge in [0.15, 0.2) is 0 Å². The van der Waals surface area contributed by atoms with Gasteiger partial charge in [0.05, 0.1) is 6.20 Å². The van der Waals surface area contributed by atoms with Crippen LogP contribution in [-0.2, 0) is 6.54 Å². The lowest BCUT2D eigenvalue weighted by molar-refractivity contribution is 0.219. The summed E-state index contributed by atoms with van der Waals surface area (Å²) in [6.45, 7) is 7.87. The third-order valence-corrected chi connectivity index (χ3v) is 3.92. The highest BCUT2D eigenvalue weighted by molar-refractivity contribution is 5.14. The van der Waals surface area contributed by atoms with Gasteiger partial charge in [-0.05, 0) is 38.6 Å². The summed E-state index contributed by atoms with van der Waals surface area (Å²) in [5.41, 5.74) is 3.06. The fraction of sp³-hybridized carbons (Fsp3) is 0.769. The fourth-order valence-electron chi connectivity index (χ4n) is 2.71. The maximum Gasteiger partial charge on any atom is 0.0535 e. The Morgan fingerprint density at radius 1 is 1.56 bits per heavy atom. The molecule has 0 amide bonds. The van der Waals surface area contributed by atoms with Crippen LogP contribution in [-0.4, -0.2) is 28.2 Å². The molecule has 0 saturated heterocycles. The molecule has 1 aliphatic carbocycles. The third kappa shape index (κ3) is 2.46. The largest absolute Gasteiger partial charge is 0.299 e. The first kappa shape index (κ1) is 11.6. The van der Waals surface area contributed by atoms with Crippen LogP contribution >= 0.6 is 0 Å². The number of nitrogens with zero attached hydrogens (tertiary/aromatic N) is 2. The predicted octanol–water partition coefficient (Wildman–Crippen LogP) is 2.73. The molecule has 0 bridgehead atoms. The van der Waals surface area contributed by atoms with Gasteiger partial charge in [-0.15, -0.1) is 0 Å². The summed E-state index contributed by atoms with van der Waals surface area (Å²) in [5.74, 6) is 0. The standard InChI is InChI=1S/C13H23N3/c1-10-11(8-14-15-10)9-16(4)12-5-6-13(2,3)7-12/h8,12H,5-7,9H2,1-4H3,(H,14,15). The first-order valence-corrected chi connectivity index (χ1v) is 6.17. The number of aromatic nitrogens is 2. The molecule has 0 radical (unpaired) electrons. The zero-order chi connectivity index (χ0) is 11.8. The van der Waals surface area contributed by atoms with Gasteiger partial charge >= 0.3 is 0 Å². The van der Waals surface area contributed by atoms with E-state index in [-0.39, 0.29) is 0 Å². The Balaban J connectivity index is 1.94. The second kappa shape index (κ2) is 4.21. The molecule has 0 aliphatic heterocycles. The molecule has 1 N–H and O–H groups in total. The van der Waals surface area contributed by atoms with Gasteiger partial charge < -0.3 is 0 Å². The minimum atomic E-state index is 0.532. The molecule has 1 atom stereocenters. The fourth-order valence-corrected chi connectivity index (χ4v) is 2.71. The highest BCUT2D eigenvalue weighted by Gasteiger charge is 2.32. The molecular formula is C13H23N3. The molecule has 1 aromatic rings. The summed E-state index contributed by atoms with van der Waals surface area (Å²) in [6, 6.07) is 0.740. The van der Waals surface area contributed by atoms with E-state index in [1.54, 1.807) is 0 Å². The highest BCUT2D eigenvalue weighted by atomic mass is 15.2. The summed E-state index contributed by atoms with van der Waals surface area (Å²) < 4.78 is 0. The minimum Gasteiger partial charge on any atom is -0.299 e. The maximum atomic E-state index is 4.08. The predicted molar refractivity (Wildman–Crippen MR) is 66.2 cm³/mol. The van der Waals surface area contributed by atoms with E-state index in [1.807, 2.05) is 6.20 Å². The van der Waals surface area contributed by atoms with Crippen LogP contribution in [0.3, 0.4) is 0 Å². The summed E-state index contributed by atoms with van der Waals surface area (Å²) in [7, 11) is 2.23. The lowest BCUT2D eigenvalue weighted by atomic mass is 9.91. The molecule has 16 heavy (non-hydrogen) atoms. The Morgan fingerprint density at radius 3 is 2.81 bits per heavy atom. The Morgan fingerprint density at radius 2 is 2.31 bits per heavy atom. The van der Waals surface area contributed by atoms with E-state index >= 15 is 0 Å². The molecule has 0 spiro atoms. The van der Waals surface area contributed by atoms with Crippen LogP contribution in [0.2, 0.25) is 0 Å². The molecule has 1 aromatic heterocycles. The summed E-state index contributed by atoms with van der Waals surface area (Å²) >= 11 is 0. The van der Waals surface area contributed by atoms with Crippen molar-refractivity contribution in [2.45, 2.75) is 52.6 Å². The average Bonchev–Trinajstić information content (AvgIpc) is 2.74. The molecule has 90 valence electrons. The molecule has 1 aliphatic rings. The maximum absolute atomic E-state index is 4.08. The van der Waals surface area contributed by atoms with Crippen LogP contribution in [0.4, 0.5) is 0 Å². The zero-order valence-corrected chi connectivity index (χ0v) is 10.9. The smallest absolute Gasteiger partial charge is 0.0535 e. The summed E-state index contributed by atoms with van der Waals surface area (Å²) in [5, 5.41) is 7.08. The van der Waals surface area contributed by atoms with Crippen LogP contribution in [0.15, 0.2) is 6.20 Å². The van der Waals surface area contributed by atoms with E-state index in [1.165, 1.54) is 30.5 Å². The van der Waals surface area contributed by atoms with Crippen molar-refractivity contribution in [1.29, 1.82) is 0 Å². The molecular weight excluding hydrogens is 198 g/mol. The van der Waals surface area contributed by atoms with E-state index in [9.17, 15) is 0 Å². The molecule has 1 unspecified atom stereocenters. The number of aryl methyl sites for hydroxylation is 1. The number of aromatic amines is 1. The number of H-pyrrole nitrogens is 1. The van der Waals surface area contributed by atoms with Gasteiger partial charge in [-0.1, -0.05) is 13.8 Å². The van der Waals surface area contributed by atoms with Gasteiger partial charge in [-0.25, -0.2) is 0 Å². The van der Waals surface area contributed by atoms with Crippen LogP contribution in [0.5, 0.6) is 0 Å². The summed E-state index contributed by atoms with van der Waals surface area (Å²) in [4.78, 5) is 2.48. The average molecular weight is 221 g/mol. The molecule has 2 rings (SSSR count). The van der Waals surface area contributed by atoms with Crippen molar-refractivity contribution in [3.63, 3.8) is 0 Å². The monoisotopic (exact) mass is 221 g/mol. The number of rotatable bonds is 3. The van der Waals surface area contributed by atoms with Crippen molar-refractivity contribution in [1.82, 2.24) is 15.1 Å². The van der Waals surface area contributed by atoms with E-state index in [0.29, 0.717) is 5.41 Å². The molecule has 0 aromatic carbocycles. The van der Waals surface area contributed by atoms with Crippen LogP contribution in [0, 0.1) is 12.3 Å². The van der Waals surface area contributed by atoms with Crippen LogP contribution in [0.1, 0.15) is 44.4 Å². The molecule has 3 nitrogen and oxygen atoms in total. The van der Waals surface area contributed by atoms with Gasteiger partial charge in [0, 0.05) is 23.8 Å². The summed E-state index contributed by atoms with van der Waals surface area (Å²) in [6.07, 6.45) is 5.96. The van der Waals surface area contributed by atoms with Gasteiger partial charge in [-0.2, -0.15) is 5.10 Å². The normalized spacial score (nSPS) is 24.2. The highest BCUT2D eigenvalue weighted by Crippen LogP contribution is 2.39. The van der Waals surface area contributed by atoms with E-state index in [2.05, 4.69) is 42.9 Å². The lowest BCUT2D eigenvalue weighted by Crippen LogP contribution is -2.29. The van der Waals surface area contributed by atoms with Crippen molar-refractivity contribution >= 4 is 0 Å². The molecule has 1 saturated carbocycles. The Labute approximate surface area is 98.2 Å². The molecule has 3 heteroatoms. The Hall–Kier alpha value is -0.830.